The van der Waals surface area contributed by atoms with E-state index in [1.54, 1.807) is 141 Å². The predicted octanol–water partition coefficient (Wildman–Crippen LogP) is 8.34. The van der Waals surface area contributed by atoms with Crippen LogP contribution in [-0.4, -0.2) is 32.8 Å². The fourth-order valence-electron chi connectivity index (χ4n) is 4.25. The monoisotopic (exact) mass is 694 g/mol. The maximum absolute atomic E-state index is 14.4. The highest BCUT2D eigenvalue weighted by atomic mass is 31.2. The SMILES string of the molecule is COc1ccc(C(=O)c2ccccc2OP(Oc2ccccn2)Oc2ccccn2)c(OP(Oc2ccccn2)Oc2ccccn2)c1C. The van der Waals surface area contributed by atoms with E-state index >= 15 is 0 Å². The molecule has 0 aliphatic heterocycles. The summed E-state index contributed by atoms with van der Waals surface area (Å²) in [6.45, 7) is 1.77. The summed E-state index contributed by atoms with van der Waals surface area (Å²) in [5.74, 6) is 1.48. The van der Waals surface area contributed by atoms with E-state index in [0.717, 1.165) is 0 Å². The van der Waals surface area contributed by atoms with Crippen molar-refractivity contribution in [2.45, 2.75) is 6.92 Å². The van der Waals surface area contributed by atoms with Gasteiger partial charge in [0.15, 0.2) is 0 Å². The molecule has 12 nitrogen and oxygen atoms in total. The number of carbonyl (C=O) groups is 1. The van der Waals surface area contributed by atoms with Gasteiger partial charge in [-0.1, -0.05) is 36.4 Å². The van der Waals surface area contributed by atoms with Crippen molar-refractivity contribution in [3.63, 3.8) is 0 Å². The number of methoxy groups -OCH3 is 1. The molecular weight excluding hydrogens is 666 g/mol. The second kappa shape index (κ2) is 16.3. The van der Waals surface area contributed by atoms with Crippen molar-refractivity contribution in [3.8, 4) is 40.8 Å². The summed E-state index contributed by atoms with van der Waals surface area (Å²) in [6.07, 6.45) is 6.32. The van der Waals surface area contributed by atoms with Crippen LogP contribution in [0, 0.1) is 6.92 Å². The zero-order chi connectivity index (χ0) is 33.8. The minimum atomic E-state index is -2.23. The van der Waals surface area contributed by atoms with Gasteiger partial charge in [-0.05, 0) is 55.5 Å². The fraction of sp³-hybridized carbons (Fsp3) is 0.0571. The number of carbonyl (C=O) groups excluding carboxylic acids is 1. The lowest BCUT2D eigenvalue weighted by atomic mass is 9.99. The minimum absolute atomic E-state index is 0.175. The highest BCUT2D eigenvalue weighted by molar-refractivity contribution is 7.43. The number of ketones is 1. The van der Waals surface area contributed by atoms with Crippen molar-refractivity contribution >= 4 is 23.0 Å². The highest BCUT2D eigenvalue weighted by Gasteiger charge is 2.30. The van der Waals surface area contributed by atoms with Crippen LogP contribution in [0.25, 0.3) is 0 Å². The van der Waals surface area contributed by atoms with Gasteiger partial charge in [0.2, 0.25) is 29.3 Å². The molecule has 4 aromatic heterocycles. The summed E-state index contributed by atoms with van der Waals surface area (Å²) >= 11 is 0. The Morgan fingerprint density at radius 3 is 1.39 bits per heavy atom. The summed E-state index contributed by atoms with van der Waals surface area (Å²) in [5.41, 5.74) is 0.934. The molecule has 6 rings (SSSR count). The van der Waals surface area contributed by atoms with E-state index in [9.17, 15) is 4.79 Å². The Labute approximate surface area is 284 Å². The summed E-state index contributed by atoms with van der Waals surface area (Å²) < 4.78 is 42.2. The average Bonchev–Trinajstić information content (AvgIpc) is 3.14. The molecule has 14 heteroatoms. The minimum Gasteiger partial charge on any atom is -0.496 e. The topological polar surface area (TPSA) is 133 Å². The Balaban J connectivity index is 1.34. The van der Waals surface area contributed by atoms with Gasteiger partial charge in [0.25, 0.3) is 0 Å². The first-order chi connectivity index (χ1) is 24.1. The third kappa shape index (κ3) is 8.75. The van der Waals surface area contributed by atoms with E-state index in [2.05, 4.69) is 19.9 Å². The molecule has 0 fully saturated rings. The Bertz CT molecular complexity index is 1880. The lowest BCUT2D eigenvalue weighted by Crippen LogP contribution is -2.11. The Morgan fingerprint density at radius 2 is 0.939 bits per heavy atom. The van der Waals surface area contributed by atoms with Gasteiger partial charge in [-0.15, -0.1) is 0 Å². The molecule has 6 aromatic rings. The van der Waals surface area contributed by atoms with Crippen molar-refractivity contribution in [2.75, 3.05) is 7.11 Å². The number of para-hydroxylation sites is 1. The number of hydrogen-bond acceptors (Lipinski definition) is 12. The third-order valence-electron chi connectivity index (χ3n) is 6.51. The van der Waals surface area contributed by atoms with E-state index in [4.69, 9.17) is 31.9 Å². The number of ether oxygens (including phenoxy) is 1. The standard InChI is InChI=1S/C35H28N4O8P2/c1-25-28(41-2)20-19-27(35(25)47-49(45-32-17-7-11-23-38-32)46-33-18-8-12-24-39-33)34(40)26-13-3-4-14-29(26)42-48(43-30-15-5-9-21-36-30)44-31-16-6-10-22-37-31/h3-24H,1-2H3. The van der Waals surface area contributed by atoms with E-state index in [1.165, 1.54) is 7.11 Å². The van der Waals surface area contributed by atoms with Crippen molar-refractivity contribution in [1.29, 1.82) is 0 Å². The summed E-state index contributed by atoms with van der Waals surface area (Å²) in [5, 5.41) is 0. The Kier molecular flexibility index (Phi) is 11.0. The molecule has 0 bridgehead atoms. The van der Waals surface area contributed by atoms with Crippen LogP contribution in [0.4, 0.5) is 0 Å². The molecule has 246 valence electrons. The van der Waals surface area contributed by atoms with Gasteiger partial charge in [0.1, 0.15) is 17.2 Å². The molecule has 0 saturated heterocycles. The average molecular weight is 695 g/mol. The van der Waals surface area contributed by atoms with Crippen LogP contribution in [-0.2, 0) is 0 Å². The van der Waals surface area contributed by atoms with Crippen molar-refractivity contribution in [3.05, 3.63) is 151 Å². The lowest BCUT2D eigenvalue weighted by molar-refractivity contribution is 0.103. The molecule has 0 amide bonds. The van der Waals surface area contributed by atoms with Crippen LogP contribution >= 0.6 is 17.2 Å². The zero-order valence-corrected chi connectivity index (χ0v) is 27.9. The first-order valence-corrected chi connectivity index (χ1v) is 16.9. The van der Waals surface area contributed by atoms with Crippen molar-refractivity contribution in [2.24, 2.45) is 0 Å². The van der Waals surface area contributed by atoms with Crippen molar-refractivity contribution < 1.29 is 36.7 Å². The second-order valence-corrected chi connectivity index (χ2v) is 11.8. The number of rotatable bonds is 15. The number of hydrogen-bond donors (Lipinski definition) is 0. The molecule has 4 heterocycles. The zero-order valence-electron chi connectivity index (χ0n) is 26.2. The van der Waals surface area contributed by atoms with E-state index in [-0.39, 0.29) is 46.1 Å². The predicted molar refractivity (Wildman–Crippen MR) is 182 cm³/mol. The van der Waals surface area contributed by atoms with E-state index in [0.29, 0.717) is 11.3 Å². The fourth-order valence-corrected chi connectivity index (χ4v) is 6.22. The Hall–Kier alpha value is -5.83. The molecule has 0 saturated carbocycles. The molecule has 0 aliphatic rings. The van der Waals surface area contributed by atoms with Gasteiger partial charge in [0.05, 0.1) is 18.2 Å². The van der Waals surface area contributed by atoms with Gasteiger partial charge in [-0.25, -0.2) is 19.9 Å². The van der Waals surface area contributed by atoms with Gasteiger partial charge >= 0.3 is 17.2 Å². The number of aromatic nitrogens is 4. The van der Waals surface area contributed by atoms with Crippen LogP contribution in [0.2, 0.25) is 0 Å². The molecular formula is C35H28N4O8P2. The van der Waals surface area contributed by atoms with Crippen molar-refractivity contribution in [1.82, 2.24) is 19.9 Å². The first-order valence-electron chi connectivity index (χ1n) is 14.7. The Morgan fingerprint density at radius 1 is 0.490 bits per heavy atom. The number of benzene rings is 2. The molecule has 0 radical (unpaired) electrons. The first kappa shape index (κ1) is 33.1. The van der Waals surface area contributed by atoms with Crippen LogP contribution in [0.1, 0.15) is 21.5 Å². The maximum atomic E-state index is 14.4. The molecule has 0 atom stereocenters. The largest absolute Gasteiger partial charge is 0.532 e. The maximum Gasteiger partial charge on any atom is 0.532 e. The number of pyridine rings is 4. The molecule has 0 N–H and O–H groups in total. The van der Waals surface area contributed by atoms with Crippen LogP contribution < -0.4 is 31.9 Å². The molecule has 0 aliphatic carbocycles. The second-order valence-electron chi connectivity index (χ2n) is 9.76. The van der Waals surface area contributed by atoms with Crippen LogP contribution in [0.15, 0.2) is 134 Å². The van der Waals surface area contributed by atoms with E-state index < -0.39 is 23.0 Å². The van der Waals surface area contributed by atoms with Crippen LogP contribution in [0.3, 0.4) is 0 Å². The quantitative estimate of drug-likeness (QED) is 0.0756. The highest BCUT2D eigenvalue weighted by Crippen LogP contribution is 2.47. The summed E-state index contributed by atoms with van der Waals surface area (Å²) in [7, 11) is -2.87. The van der Waals surface area contributed by atoms with Gasteiger partial charge in [-0.2, -0.15) is 0 Å². The lowest BCUT2D eigenvalue weighted by Gasteiger charge is -2.21. The third-order valence-corrected chi connectivity index (χ3v) is 8.54. The normalized spacial score (nSPS) is 10.7. The molecule has 49 heavy (non-hydrogen) atoms. The van der Waals surface area contributed by atoms with Crippen LogP contribution in [0.5, 0.6) is 40.8 Å². The molecule has 0 spiro atoms. The molecule has 2 aromatic carbocycles. The smallest absolute Gasteiger partial charge is 0.496 e. The van der Waals surface area contributed by atoms with E-state index in [1.807, 2.05) is 0 Å². The summed E-state index contributed by atoms with van der Waals surface area (Å²) in [4.78, 5) is 31.3. The molecule has 0 unspecified atom stereocenters. The number of nitrogens with zero attached hydrogens (tertiary/aromatic N) is 4. The van der Waals surface area contributed by atoms with Gasteiger partial charge in [-0.3, -0.25) is 4.79 Å². The van der Waals surface area contributed by atoms with Gasteiger partial charge < -0.3 is 31.9 Å². The summed E-state index contributed by atoms with van der Waals surface area (Å²) in [6, 6.07) is 30.8. The van der Waals surface area contributed by atoms with Gasteiger partial charge in [0, 0.05) is 54.6 Å².